The van der Waals surface area contributed by atoms with Gasteiger partial charge in [-0.1, -0.05) is 73.1 Å². The Morgan fingerprint density at radius 1 is 0.909 bits per heavy atom. The molecule has 0 saturated heterocycles. The molecule has 1 aromatic rings. The van der Waals surface area contributed by atoms with E-state index in [9.17, 15) is 9.90 Å². The van der Waals surface area contributed by atoms with Crippen LogP contribution in [0.3, 0.4) is 0 Å². The van der Waals surface area contributed by atoms with Gasteiger partial charge >= 0.3 is 0 Å². The summed E-state index contributed by atoms with van der Waals surface area (Å²) in [5, 5.41) is 11.9. The van der Waals surface area contributed by atoms with Gasteiger partial charge in [0.15, 0.2) is 17.3 Å². The number of carbonyl (C=O) groups is 3. The second kappa shape index (κ2) is 13.0. The normalized spacial score (nSPS) is 26.1. The van der Waals surface area contributed by atoms with E-state index < -0.39 is 27.8 Å². The molecule has 4 heteroatoms. The summed E-state index contributed by atoms with van der Waals surface area (Å²) in [7, 11) is 0. The summed E-state index contributed by atoms with van der Waals surface area (Å²) in [6.45, 7) is 26.3. The van der Waals surface area contributed by atoms with Gasteiger partial charge < -0.3 is 5.11 Å². The number of aliphatic hydroxyl groups excluding tert-OH is 1. The van der Waals surface area contributed by atoms with Crippen LogP contribution in [-0.4, -0.2) is 22.5 Å². The summed E-state index contributed by atoms with van der Waals surface area (Å²) in [4.78, 5) is 45.2. The van der Waals surface area contributed by atoms with E-state index in [-0.39, 0.29) is 41.8 Å². The minimum Gasteiger partial charge on any atom is -0.506 e. The van der Waals surface area contributed by atoms with Gasteiger partial charge in [0.25, 0.3) is 0 Å². The Kier molecular flexibility index (Phi) is 10.4. The van der Waals surface area contributed by atoms with E-state index in [1.165, 1.54) is 0 Å². The summed E-state index contributed by atoms with van der Waals surface area (Å²) < 4.78 is 0. The molecule has 0 unspecified atom stereocenters. The van der Waals surface area contributed by atoms with Crippen LogP contribution in [0.1, 0.15) is 111 Å². The Morgan fingerprint density at radius 3 is 2.02 bits per heavy atom. The highest BCUT2D eigenvalue weighted by Gasteiger charge is 2.74. The van der Waals surface area contributed by atoms with Crippen LogP contribution in [0.5, 0.6) is 0 Å². The van der Waals surface area contributed by atoms with Gasteiger partial charge in [-0.2, -0.15) is 0 Å². The van der Waals surface area contributed by atoms with Gasteiger partial charge in [-0.3, -0.25) is 14.4 Å². The average molecular weight is 599 g/mol. The Labute approximate surface area is 266 Å². The molecule has 3 rings (SSSR count). The smallest absolute Gasteiger partial charge is 0.184 e. The Morgan fingerprint density at radius 2 is 1.50 bits per heavy atom. The van der Waals surface area contributed by atoms with Gasteiger partial charge in [-0.05, 0) is 129 Å². The SMILES string of the molecule is C=C(C)[C@H](CC=C(C)C)C[C@@]12C[C@@H](CC=C(C)C)C(C)(C)[C@@](CC=C(C)C)(C(=O)C(=C(O)c3ccc(C)c(C)c3)C1=O)C2=O. The lowest BCUT2D eigenvalue weighted by atomic mass is 9.38. The molecule has 238 valence electrons. The molecule has 44 heavy (non-hydrogen) atoms. The van der Waals surface area contributed by atoms with E-state index in [4.69, 9.17) is 0 Å². The Bertz CT molecular complexity index is 1480. The second-order valence-corrected chi connectivity index (χ2v) is 14.9. The van der Waals surface area contributed by atoms with Crippen molar-refractivity contribution < 1.29 is 19.5 Å². The molecule has 1 aromatic carbocycles. The lowest BCUT2D eigenvalue weighted by molar-refractivity contribution is -0.177. The molecule has 0 heterocycles. The lowest BCUT2D eigenvalue weighted by Crippen LogP contribution is -2.69. The molecule has 2 saturated carbocycles. The van der Waals surface area contributed by atoms with E-state index in [0.29, 0.717) is 24.8 Å². The minimum atomic E-state index is -1.50. The molecular formula is C40H54O4. The fourth-order valence-electron chi connectivity index (χ4n) is 7.30. The van der Waals surface area contributed by atoms with Crippen molar-refractivity contribution in [2.24, 2.45) is 28.1 Å². The lowest BCUT2D eigenvalue weighted by Gasteiger charge is -2.60. The highest BCUT2D eigenvalue weighted by molar-refractivity contribution is 6.41. The summed E-state index contributed by atoms with van der Waals surface area (Å²) in [6, 6.07) is 5.45. The van der Waals surface area contributed by atoms with Crippen molar-refractivity contribution in [1.82, 2.24) is 0 Å². The third-order valence-electron chi connectivity index (χ3n) is 10.6. The molecule has 0 aliphatic heterocycles. The standard InChI is InChI=1S/C40H54O4/c1-24(2)13-16-31(27(7)8)22-39-23-32(18-14-25(3)4)38(11,12)40(37(39)44,20-19-26(5)6)36(43)33(35(39)42)34(41)30-17-15-28(9)29(10)21-30/h13-15,17,19,21,31-32,41H,7,16,18,20,22-23H2,1-6,8-12H3/t31-,32-,39-,40+/m1/s1. The molecule has 2 bridgehead atoms. The van der Waals surface area contributed by atoms with Crippen molar-refractivity contribution in [2.45, 2.75) is 108 Å². The van der Waals surface area contributed by atoms with Crippen LogP contribution in [0.4, 0.5) is 0 Å². The van der Waals surface area contributed by atoms with Crippen LogP contribution >= 0.6 is 0 Å². The molecule has 0 radical (unpaired) electrons. The van der Waals surface area contributed by atoms with Gasteiger partial charge in [0.05, 0.1) is 5.41 Å². The third kappa shape index (κ3) is 6.14. The quantitative estimate of drug-likeness (QED) is 0.0956. The van der Waals surface area contributed by atoms with Gasteiger partial charge in [0, 0.05) is 5.56 Å². The number of fused-ring (bicyclic) bond motifs is 2. The fraction of sp³-hybridized carbons (Fsp3) is 0.525. The van der Waals surface area contributed by atoms with Crippen LogP contribution in [0, 0.1) is 41.9 Å². The van der Waals surface area contributed by atoms with Gasteiger partial charge in [-0.15, -0.1) is 0 Å². The topological polar surface area (TPSA) is 71.4 Å². The zero-order valence-electron chi connectivity index (χ0n) is 29.0. The van der Waals surface area contributed by atoms with Crippen molar-refractivity contribution in [2.75, 3.05) is 0 Å². The number of hydrogen-bond acceptors (Lipinski definition) is 4. The van der Waals surface area contributed by atoms with E-state index in [2.05, 4.69) is 18.7 Å². The second-order valence-electron chi connectivity index (χ2n) is 14.9. The highest BCUT2D eigenvalue weighted by Crippen LogP contribution is 2.66. The molecule has 2 aliphatic carbocycles. The minimum absolute atomic E-state index is 0.104. The number of carbonyl (C=O) groups excluding carboxylic acids is 3. The number of aryl methyl sites for hydroxylation is 2. The summed E-state index contributed by atoms with van der Waals surface area (Å²) in [5.41, 5.74) is 2.66. The summed E-state index contributed by atoms with van der Waals surface area (Å²) in [5.74, 6) is -1.92. The Balaban J connectivity index is 2.47. The van der Waals surface area contributed by atoms with Crippen molar-refractivity contribution in [3.8, 4) is 0 Å². The van der Waals surface area contributed by atoms with E-state index >= 15 is 9.59 Å². The molecule has 0 amide bonds. The number of hydrogen-bond donors (Lipinski definition) is 1. The molecule has 2 aliphatic rings. The average Bonchev–Trinajstić information content (AvgIpc) is 2.91. The van der Waals surface area contributed by atoms with Gasteiger partial charge in [-0.25, -0.2) is 0 Å². The van der Waals surface area contributed by atoms with Crippen molar-refractivity contribution in [3.05, 3.63) is 87.6 Å². The van der Waals surface area contributed by atoms with Crippen molar-refractivity contribution in [1.29, 1.82) is 0 Å². The molecule has 2 fully saturated rings. The predicted octanol–water partition coefficient (Wildman–Crippen LogP) is 9.96. The highest BCUT2D eigenvalue weighted by atomic mass is 16.3. The maximum absolute atomic E-state index is 15.2. The molecule has 0 aromatic heterocycles. The zero-order valence-corrected chi connectivity index (χ0v) is 29.0. The number of allylic oxidation sites excluding steroid dienone is 8. The summed E-state index contributed by atoms with van der Waals surface area (Å²) >= 11 is 0. The Hall–Kier alpha value is -3.27. The molecule has 4 atom stereocenters. The van der Waals surface area contributed by atoms with Crippen LogP contribution in [0.2, 0.25) is 0 Å². The maximum atomic E-state index is 15.2. The van der Waals surface area contributed by atoms with Crippen LogP contribution < -0.4 is 0 Å². The van der Waals surface area contributed by atoms with Gasteiger partial charge in [0.1, 0.15) is 16.7 Å². The number of rotatable bonds is 10. The predicted molar refractivity (Wildman–Crippen MR) is 182 cm³/mol. The maximum Gasteiger partial charge on any atom is 0.184 e. The van der Waals surface area contributed by atoms with Crippen LogP contribution in [0.25, 0.3) is 5.76 Å². The first-order valence-corrected chi connectivity index (χ1v) is 16.0. The van der Waals surface area contributed by atoms with Crippen molar-refractivity contribution >= 4 is 23.1 Å². The first-order valence-electron chi connectivity index (χ1n) is 16.0. The van der Waals surface area contributed by atoms with E-state index in [1.54, 1.807) is 6.07 Å². The summed E-state index contributed by atoms with van der Waals surface area (Å²) in [6.07, 6.45) is 8.35. The number of ketones is 3. The van der Waals surface area contributed by atoms with Gasteiger partial charge in [0.2, 0.25) is 0 Å². The molecular weight excluding hydrogens is 544 g/mol. The first kappa shape index (κ1) is 35.2. The monoisotopic (exact) mass is 598 g/mol. The van der Waals surface area contributed by atoms with Crippen LogP contribution in [-0.2, 0) is 14.4 Å². The number of Topliss-reactive ketones (excluding diaryl/α,β-unsaturated/α-hetero) is 3. The molecule has 1 N–H and O–H groups in total. The largest absolute Gasteiger partial charge is 0.506 e. The van der Waals surface area contributed by atoms with E-state index in [1.807, 2.05) is 94.4 Å². The zero-order chi connectivity index (χ0) is 33.4. The first-order chi connectivity index (χ1) is 20.3. The number of aliphatic hydroxyl groups is 1. The van der Waals surface area contributed by atoms with E-state index in [0.717, 1.165) is 33.4 Å². The third-order valence-corrected chi connectivity index (χ3v) is 10.6. The fourth-order valence-corrected chi connectivity index (χ4v) is 7.30. The molecule has 0 spiro atoms. The number of benzene rings is 1. The van der Waals surface area contributed by atoms with Crippen molar-refractivity contribution in [3.63, 3.8) is 0 Å². The van der Waals surface area contributed by atoms with Crippen LogP contribution in [0.15, 0.2) is 70.9 Å². The molecule has 4 nitrogen and oxygen atoms in total.